The number of carbonyl (C=O) groups excluding carboxylic acids is 1. The number of fused-ring (bicyclic) bond motifs is 1. The van der Waals surface area contributed by atoms with Gasteiger partial charge in [0.25, 0.3) is 0 Å². The second-order valence-electron chi connectivity index (χ2n) is 5.87. The largest absolute Gasteiger partial charge is 0.393 e. The molecule has 1 aliphatic carbocycles. The molecule has 110 valence electrons. The first-order valence-corrected chi connectivity index (χ1v) is 7.26. The molecular formula is C16H24N2O2. The molecule has 2 N–H and O–H groups in total. The van der Waals surface area contributed by atoms with Crippen molar-refractivity contribution >= 4 is 6.03 Å². The van der Waals surface area contributed by atoms with Crippen LogP contribution in [0.25, 0.3) is 0 Å². The Morgan fingerprint density at radius 1 is 1.50 bits per heavy atom. The molecule has 0 fully saturated rings. The third-order valence-corrected chi connectivity index (χ3v) is 4.01. The lowest BCUT2D eigenvalue weighted by atomic mass is 10.0. The Hall–Kier alpha value is -1.55. The van der Waals surface area contributed by atoms with Crippen LogP contribution >= 0.6 is 0 Å². The van der Waals surface area contributed by atoms with Gasteiger partial charge in [-0.3, -0.25) is 0 Å². The maximum absolute atomic E-state index is 12.2. The molecule has 0 bridgehead atoms. The van der Waals surface area contributed by atoms with Gasteiger partial charge >= 0.3 is 6.03 Å². The Balaban J connectivity index is 1.98. The molecule has 20 heavy (non-hydrogen) atoms. The maximum Gasteiger partial charge on any atom is 0.317 e. The molecule has 4 heteroatoms. The Labute approximate surface area is 120 Å². The monoisotopic (exact) mass is 276 g/mol. The van der Waals surface area contributed by atoms with Gasteiger partial charge in [-0.25, -0.2) is 4.79 Å². The fourth-order valence-corrected chi connectivity index (χ4v) is 2.74. The Morgan fingerprint density at radius 2 is 2.20 bits per heavy atom. The van der Waals surface area contributed by atoms with E-state index in [1.165, 1.54) is 11.1 Å². The molecule has 0 spiro atoms. The quantitative estimate of drug-likeness (QED) is 0.887. The van der Waals surface area contributed by atoms with Crippen molar-refractivity contribution in [3.63, 3.8) is 0 Å². The number of aliphatic hydroxyl groups is 1. The second kappa shape index (κ2) is 6.27. The van der Waals surface area contributed by atoms with Crippen LogP contribution in [0.5, 0.6) is 0 Å². The van der Waals surface area contributed by atoms with Gasteiger partial charge in [0.15, 0.2) is 0 Å². The number of hydrogen-bond acceptors (Lipinski definition) is 2. The molecular weight excluding hydrogens is 252 g/mol. The molecule has 0 aromatic heterocycles. The minimum atomic E-state index is -0.378. The average molecular weight is 276 g/mol. The number of aliphatic hydroxyl groups excluding tert-OH is 1. The summed E-state index contributed by atoms with van der Waals surface area (Å²) >= 11 is 0. The number of benzene rings is 1. The molecule has 3 atom stereocenters. The fourth-order valence-electron chi connectivity index (χ4n) is 2.74. The van der Waals surface area contributed by atoms with Crippen molar-refractivity contribution in [1.29, 1.82) is 0 Å². The number of carbonyl (C=O) groups is 1. The van der Waals surface area contributed by atoms with Gasteiger partial charge in [0.05, 0.1) is 12.1 Å². The van der Waals surface area contributed by atoms with Gasteiger partial charge in [-0.15, -0.1) is 0 Å². The minimum Gasteiger partial charge on any atom is -0.393 e. The summed E-state index contributed by atoms with van der Waals surface area (Å²) in [5.74, 6) is 0.418. The lowest BCUT2D eigenvalue weighted by Crippen LogP contribution is -2.41. The van der Waals surface area contributed by atoms with Crippen molar-refractivity contribution < 1.29 is 9.90 Å². The average Bonchev–Trinajstić information content (AvgIpc) is 2.72. The van der Waals surface area contributed by atoms with E-state index in [0.717, 1.165) is 6.42 Å². The third kappa shape index (κ3) is 3.31. The van der Waals surface area contributed by atoms with Crippen LogP contribution in [0.2, 0.25) is 0 Å². The highest BCUT2D eigenvalue weighted by Gasteiger charge is 2.30. The van der Waals surface area contributed by atoms with E-state index in [1.54, 1.807) is 18.9 Å². The van der Waals surface area contributed by atoms with Gasteiger partial charge in [0.1, 0.15) is 0 Å². The maximum atomic E-state index is 12.2. The van der Waals surface area contributed by atoms with E-state index in [9.17, 15) is 9.90 Å². The zero-order valence-corrected chi connectivity index (χ0v) is 12.5. The normalized spacial score (nSPS) is 22.2. The van der Waals surface area contributed by atoms with Crippen molar-refractivity contribution in [3.05, 3.63) is 35.4 Å². The van der Waals surface area contributed by atoms with Crippen molar-refractivity contribution in [2.75, 3.05) is 13.6 Å². The number of nitrogens with zero attached hydrogens (tertiary/aromatic N) is 1. The Morgan fingerprint density at radius 3 is 2.90 bits per heavy atom. The van der Waals surface area contributed by atoms with Crippen LogP contribution in [0.1, 0.15) is 37.4 Å². The van der Waals surface area contributed by atoms with Crippen molar-refractivity contribution in [2.24, 2.45) is 5.92 Å². The molecule has 2 rings (SSSR count). The molecule has 0 radical (unpaired) electrons. The lowest BCUT2D eigenvalue weighted by molar-refractivity contribution is 0.161. The molecule has 0 saturated heterocycles. The molecule has 2 amide bonds. The predicted octanol–water partition coefficient (Wildman–Crippen LogP) is 2.33. The van der Waals surface area contributed by atoms with E-state index in [2.05, 4.69) is 24.4 Å². The zero-order valence-electron chi connectivity index (χ0n) is 12.5. The van der Waals surface area contributed by atoms with E-state index < -0.39 is 0 Å². The molecule has 0 saturated carbocycles. The van der Waals surface area contributed by atoms with Crippen LogP contribution < -0.4 is 5.32 Å². The number of rotatable bonds is 4. The summed E-state index contributed by atoms with van der Waals surface area (Å²) in [6, 6.07) is 8.32. The molecule has 3 unspecified atom stereocenters. The number of hydrogen-bond donors (Lipinski definition) is 2. The predicted molar refractivity (Wildman–Crippen MR) is 79.5 cm³/mol. The van der Waals surface area contributed by atoms with E-state index in [4.69, 9.17) is 0 Å². The van der Waals surface area contributed by atoms with E-state index in [1.807, 2.05) is 12.1 Å². The highest BCUT2D eigenvalue weighted by atomic mass is 16.3. The van der Waals surface area contributed by atoms with Crippen LogP contribution in [-0.4, -0.2) is 35.7 Å². The fraction of sp³-hybridized carbons (Fsp3) is 0.562. The van der Waals surface area contributed by atoms with Crippen molar-refractivity contribution in [3.8, 4) is 0 Å². The first-order chi connectivity index (χ1) is 9.49. The first-order valence-electron chi connectivity index (χ1n) is 7.26. The number of urea groups is 1. The molecule has 1 aromatic rings. The van der Waals surface area contributed by atoms with E-state index in [0.29, 0.717) is 18.9 Å². The van der Waals surface area contributed by atoms with Crippen LogP contribution in [0.15, 0.2) is 24.3 Å². The smallest absolute Gasteiger partial charge is 0.317 e. The van der Waals surface area contributed by atoms with Crippen molar-refractivity contribution in [1.82, 2.24) is 10.2 Å². The van der Waals surface area contributed by atoms with E-state index in [-0.39, 0.29) is 18.2 Å². The second-order valence-corrected chi connectivity index (χ2v) is 5.87. The summed E-state index contributed by atoms with van der Waals surface area (Å²) < 4.78 is 0. The molecule has 1 aromatic carbocycles. The zero-order chi connectivity index (χ0) is 14.7. The highest BCUT2D eigenvalue weighted by molar-refractivity contribution is 5.74. The summed E-state index contributed by atoms with van der Waals surface area (Å²) in [5.41, 5.74) is 2.56. The third-order valence-electron chi connectivity index (χ3n) is 4.01. The van der Waals surface area contributed by atoms with Crippen LogP contribution in [-0.2, 0) is 6.42 Å². The summed E-state index contributed by atoms with van der Waals surface area (Å²) in [6.07, 6.45) is 1.23. The molecule has 1 aliphatic rings. The van der Waals surface area contributed by atoms with Gasteiger partial charge in [0, 0.05) is 13.6 Å². The van der Waals surface area contributed by atoms with Crippen LogP contribution in [0.3, 0.4) is 0 Å². The topological polar surface area (TPSA) is 52.6 Å². The summed E-state index contributed by atoms with van der Waals surface area (Å²) in [5, 5.41) is 12.4. The number of nitrogens with one attached hydrogen (secondary N) is 1. The Kier molecular flexibility index (Phi) is 4.65. The summed E-state index contributed by atoms with van der Waals surface area (Å²) in [4.78, 5) is 13.8. The number of amides is 2. The Bertz CT molecular complexity index is 473. The molecule has 0 aliphatic heterocycles. The highest BCUT2D eigenvalue weighted by Crippen LogP contribution is 2.35. The van der Waals surface area contributed by atoms with Gasteiger partial charge in [-0.2, -0.15) is 0 Å². The van der Waals surface area contributed by atoms with Crippen LogP contribution in [0, 0.1) is 5.92 Å². The van der Waals surface area contributed by atoms with Gasteiger partial charge < -0.3 is 15.3 Å². The van der Waals surface area contributed by atoms with Gasteiger partial charge in [-0.1, -0.05) is 31.2 Å². The van der Waals surface area contributed by atoms with E-state index >= 15 is 0 Å². The molecule has 4 nitrogen and oxygen atoms in total. The van der Waals surface area contributed by atoms with Gasteiger partial charge in [-0.05, 0) is 36.8 Å². The lowest BCUT2D eigenvalue weighted by Gasteiger charge is -2.24. The standard InChI is InChI=1S/C16H24N2O2/c1-11-10-13-6-4-5-7-14(13)15(11)17-16(20)18(3)9-8-12(2)19/h4-7,11-12,15,19H,8-10H2,1-3H3,(H,17,20). The van der Waals surface area contributed by atoms with Crippen LogP contribution in [0.4, 0.5) is 4.79 Å². The minimum absolute atomic E-state index is 0.0702. The molecule has 0 heterocycles. The summed E-state index contributed by atoms with van der Waals surface area (Å²) in [6.45, 7) is 4.47. The first kappa shape index (κ1) is 14.9. The summed E-state index contributed by atoms with van der Waals surface area (Å²) in [7, 11) is 1.77. The van der Waals surface area contributed by atoms with Gasteiger partial charge in [0.2, 0.25) is 0 Å². The van der Waals surface area contributed by atoms with Crippen molar-refractivity contribution in [2.45, 2.75) is 38.8 Å². The SMILES string of the molecule is CC(O)CCN(C)C(=O)NC1c2ccccc2CC1C.